The molecule has 2 N–H and O–H groups in total. The Bertz CT molecular complexity index is 616. The van der Waals surface area contributed by atoms with Crippen LogP contribution in [-0.2, 0) is 6.54 Å². The van der Waals surface area contributed by atoms with Crippen LogP contribution in [0.3, 0.4) is 0 Å². The van der Waals surface area contributed by atoms with Crippen molar-refractivity contribution >= 4 is 5.69 Å². The Labute approximate surface area is 119 Å². The van der Waals surface area contributed by atoms with Crippen molar-refractivity contribution in [1.82, 2.24) is 9.78 Å². The number of para-hydroxylation sites is 1. The van der Waals surface area contributed by atoms with E-state index in [4.69, 9.17) is 5.73 Å². The van der Waals surface area contributed by atoms with E-state index in [0.717, 1.165) is 41.1 Å². The van der Waals surface area contributed by atoms with E-state index in [1.54, 1.807) is 0 Å². The van der Waals surface area contributed by atoms with Gasteiger partial charge in [-0.25, -0.2) is 0 Å². The fourth-order valence-electron chi connectivity index (χ4n) is 4.20. The fourth-order valence-corrected chi connectivity index (χ4v) is 4.20. The van der Waals surface area contributed by atoms with Gasteiger partial charge >= 0.3 is 0 Å². The van der Waals surface area contributed by atoms with Gasteiger partial charge in [0.05, 0.1) is 6.20 Å². The minimum Gasteiger partial charge on any atom is -0.398 e. The molecular formula is C17H21N3. The standard InChI is InChI=1S/C17H21N3/c18-17-4-2-1-3-16(17)15-9-19-20(11-15)10-14-8-12-5-6-13(14)7-12/h1-4,9,11-14H,5-8,10,18H2. The molecule has 2 bridgehead atoms. The van der Waals surface area contributed by atoms with E-state index in [-0.39, 0.29) is 0 Å². The zero-order valence-electron chi connectivity index (χ0n) is 11.7. The Morgan fingerprint density at radius 2 is 2.10 bits per heavy atom. The van der Waals surface area contributed by atoms with Crippen molar-refractivity contribution in [3.8, 4) is 11.1 Å². The lowest BCUT2D eigenvalue weighted by molar-refractivity contribution is 0.285. The van der Waals surface area contributed by atoms with Crippen LogP contribution in [0.15, 0.2) is 36.7 Å². The summed E-state index contributed by atoms with van der Waals surface area (Å²) < 4.78 is 2.12. The normalized spacial score (nSPS) is 28.1. The second kappa shape index (κ2) is 4.65. The van der Waals surface area contributed by atoms with E-state index < -0.39 is 0 Å². The molecule has 0 saturated heterocycles. The van der Waals surface area contributed by atoms with Gasteiger partial charge in [0.25, 0.3) is 0 Å². The summed E-state index contributed by atoms with van der Waals surface area (Å²) in [5.41, 5.74) is 9.08. The molecule has 3 atom stereocenters. The van der Waals surface area contributed by atoms with Crippen LogP contribution < -0.4 is 5.73 Å². The maximum Gasteiger partial charge on any atom is 0.0569 e. The molecule has 3 heteroatoms. The fraction of sp³-hybridized carbons (Fsp3) is 0.471. The van der Waals surface area contributed by atoms with E-state index in [1.165, 1.54) is 25.7 Å². The molecule has 1 aromatic heterocycles. The van der Waals surface area contributed by atoms with Crippen LogP contribution in [0.4, 0.5) is 5.69 Å². The van der Waals surface area contributed by atoms with Gasteiger partial charge in [-0.3, -0.25) is 4.68 Å². The maximum atomic E-state index is 6.04. The topological polar surface area (TPSA) is 43.8 Å². The molecular weight excluding hydrogens is 246 g/mol. The average molecular weight is 267 g/mol. The minimum atomic E-state index is 0.826. The quantitative estimate of drug-likeness (QED) is 0.864. The molecule has 2 fully saturated rings. The van der Waals surface area contributed by atoms with Gasteiger partial charge in [-0.1, -0.05) is 24.6 Å². The van der Waals surface area contributed by atoms with Crippen molar-refractivity contribution in [2.75, 3.05) is 5.73 Å². The monoisotopic (exact) mass is 267 g/mol. The molecule has 104 valence electrons. The predicted molar refractivity (Wildman–Crippen MR) is 81.0 cm³/mol. The first kappa shape index (κ1) is 12.0. The Morgan fingerprint density at radius 1 is 1.20 bits per heavy atom. The second-order valence-corrected chi connectivity index (χ2v) is 6.47. The summed E-state index contributed by atoms with van der Waals surface area (Å²) in [5, 5.41) is 4.54. The van der Waals surface area contributed by atoms with Crippen molar-refractivity contribution in [3.63, 3.8) is 0 Å². The van der Waals surface area contributed by atoms with E-state index in [2.05, 4.69) is 22.0 Å². The molecule has 2 aliphatic rings. The van der Waals surface area contributed by atoms with Gasteiger partial charge in [0, 0.05) is 29.6 Å². The summed E-state index contributed by atoms with van der Waals surface area (Å²) in [6, 6.07) is 8.01. The molecule has 1 heterocycles. The van der Waals surface area contributed by atoms with Gasteiger partial charge < -0.3 is 5.73 Å². The molecule has 2 saturated carbocycles. The number of anilines is 1. The largest absolute Gasteiger partial charge is 0.398 e. The number of nitrogens with two attached hydrogens (primary N) is 1. The SMILES string of the molecule is Nc1ccccc1-c1cnn(CC2CC3CCC2C3)c1. The van der Waals surface area contributed by atoms with E-state index in [1.807, 2.05) is 24.4 Å². The lowest BCUT2D eigenvalue weighted by Gasteiger charge is -2.21. The van der Waals surface area contributed by atoms with E-state index in [0.29, 0.717) is 0 Å². The zero-order chi connectivity index (χ0) is 13.5. The molecule has 0 aliphatic heterocycles. The second-order valence-electron chi connectivity index (χ2n) is 6.47. The Hall–Kier alpha value is -1.77. The lowest BCUT2D eigenvalue weighted by atomic mass is 9.89. The van der Waals surface area contributed by atoms with Crippen molar-refractivity contribution in [1.29, 1.82) is 0 Å². The Kier molecular flexibility index (Phi) is 2.79. The Morgan fingerprint density at radius 3 is 2.85 bits per heavy atom. The highest BCUT2D eigenvalue weighted by Gasteiger charge is 2.39. The smallest absolute Gasteiger partial charge is 0.0569 e. The number of aromatic nitrogens is 2. The molecule has 1 aromatic carbocycles. The molecule has 3 nitrogen and oxygen atoms in total. The van der Waals surface area contributed by atoms with Crippen molar-refractivity contribution in [2.45, 2.75) is 32.2 Å². The number of nitrogen functional groups attached to an aromatic ring is 1. The summed E-state index contributed by atoms with van der Waals surface area (Å²) in [6.07, 6.45) is 9.87. The summed E-state index contributed by atoms with van der Waals surface area (Å²) in [7, 11) is 0. The average Bonchev–Trinajstić information content (AvgIpc) is 3.16. The maximum absolute atomic E-state index is 6.04. The van der Waals surface area contributed by atoms with Crippen LogP contribution in [0.2, 0.25) is 0 Å². The molecule has 0 amide bonds. The number of rotatable bonds is 3. The number of hydrogen-bond donors (Lipinski definition) is 1. The van der Waals surface area contributed by atoms with Gasteiger partial charge in [-0.2, -0.15) is 5.10 Å². The summed E-state index contributed by atoms with van der Waals surface area (Å²) in [5.74, 6) is 2.80. The van der Waals surface area contributed by atoms with Gasteiger partial charge in [0.1, 0.15) is 0 Å². The Balaban J connectivity index is 1.52. The van der Waals surface area contributed by atoms with Gasteiger partial charge in [-0.15, -0.1) is 0 Å². The van der Waals surface area contributed by atoms with Crippen LogP contribution in [-0.4, -0.2) is 9.78 Å². The highest BCUT2D eigenvalue weighted by molar-refractivity contribution is 5.75. The molecule has 20 heavy (non-hydrogen) atoms. The molecule has 2 aromatic rings. The van der Waals surface area contributed by atoms with Crippen LogP contribution in [0, 0.1) is 17.8 Å². The summed E-state index contributed by atoms with van der Waals surface area (Å²) in [4.78, 5) is 0. The van der Waals surface area contributed by atoms with Gasteiger partial charge in [0.15, 0.2) is 0 Å². The first-order valence-electron chi connectivity index (χ1n) is 7.67. The van der Waals surface area contributed by atoms with E-state index >= 15 is 0 Å². The molecule has 3 unspecified atom stereocenters. The summed E-state index contributed by atoms with van der Waals surface area (Å²) >= 11 is 0. The van der Waals surface area contributed by atoms with Gasteiger partial charge in [0.2, 0.25) is 0 Å². The molecule has 2 aliphatic carbocycles. The first-order chi connectivity index (χ1) is 9.79. The third kappa shape index (κ3) is 2.01. The summed E-state index contributed by atoms with van der Waals surface area (Å²) in [6.45, 7) is 1.08. The highest BCUT2D eigenvalue weighted by Crippen LogP contribution is 2.48. The lowest BCUT2D eigenvalue weighted by Crippen LogP contribution is -2.17. The zero-order valence-corrected chi connectivity index (χ0v) is 11.7. The number of nitrogens with zero attached hydrogens (tertiary/aromatic N) is 2. The highest BCUT2D eigenvalue weighted by atomic mass is 15.3. The van der Waals surface area contributed by atoms with Gasteiger partial charge in [-0.05, 0) is 43.1 Å². The number of hydrogen-bond acceptors (Lipinski definition) is 2. The van der Waals surface area contributed by atoms with Crippen LogP contribution >= 0.6 is 0 Å². The first-order valence-corrected chi connectivity index (χ1v) is 7.67. The number of benzene rings is 1. The van der Waals surface area contributed by atoms with Crippen LogP contribution in [0.25, 0.3) is 11.1 Å². The van der Waals surface area contributed by atoms with Crippen LogP contribution in [0.5, 0.6) is 0 Å². The molecule has 0 radical (unpaired) electrons. The minimum absolute atomic E-state index is 0.826. The number of fused-ring (bicyclic) bond motifs is 2. The van der Waals surface area contributed by atoms with Crippen molar-refractivity contribution in [2.24, 2.45) is 17.8 Å². The third-order valence-electron chi connectivity index (χ3n) is 5.21. The van der Waals surface area contributed by atoms with Crippen LogP contribution in [0.1, 0.15) is 25.7 Å². The molecule has 0 spiro atoms. The predicted octanol–water partition coefficient (Wildman–Crippen LogP) is 3.57. The van der Waals surface area contributed by atoms with Crippen molar-refractivity contribution < 1.29 is 0 Å². The van der Waals surface area contributed by atoms with Crippen molar-refractivity contribution in [3.05, 3.63) is 36.7 Å². The molecule has 4 rings (SSSR count). The third-order valence-corrected chi connectivity index (χ3v) is 5.21. The van der Waals surface area contributed by atoms with E-state index in [9.17, 15) is 0 Å².